The first kappa shape index (κ1) is 8.55. The summed E-state index contributed by atoms with van der Waals surface area (Å²) in [5.74, 6) is 0.821. The lowest BCUT2D eigenvalue weighted by Gasteiger charge is -2.29. The SMILES string of the molecule is CN(C)C(C)(C#N)CC1CC1. The minimum atomic E-state index is -0.235. The zero-order chi connectivity index (χ0) is 8.48. The molecule has 2 heteroatoms. The summed E-state index contributed by atoms with van der Waals surface area (Å²) >= 11 is 0. The Morgan fingerprint density at radius 2 is 2.09 bits per heavy atom. The van der Waals surface area contributed by atoms with Gasteiger partial charge in [0.15, 0.2) is 0 Å². The van der Waals surface area contributed by atoms with Crippen molar-refractivity contribution in [2.75, 3.05) is 14.1 Å². The fourth-order valence-corrected chi connectivity index (χ4v) is 1.21. The Morgan fingerprint density at radius 3 is 2.36 bits per heavy atom. The summed E-state index contributed by atoms with van der Waals surface area (Å²) in [6, 6.07) is 2.38. The van der Waals surface area contributed by atoms with Gasteiger partial charge < -0.3 is 0 Å². The number of nitrogens with zero attached hydrogens (tertiary/aromatic N) is 2. The summed E-state index contributed by atoms with van der Waals surface area (Å²) in [5, 5.41) is 8.94. The highest BCUT2D eigenvalue weighted by Gasteiger charge is 2.34. The van der Waals surface area contributed by atoms with E-state index >= 15 is 0 Å². The highest BCUT2D eigenvalue weighted by atomic mass is 15.1. The number of hydrogen-bond donors (Lipinski definition) is 0. The number of rotatable bonds is 3. The average Bonchev–Trinajstić information content (AvgIpc) is 2.71. The predicted molar refractivity (Wildman–Crippen MR) is 45.0 cm³/mol. The predicted octanol–water partition coefficient (Wildman–Crippen LogP) is 1.63. The highest BCUT2D eigenvalue weighted by Crippen LogP contribution is 2.37. The van der Waals surface area contributed by atoms with E-state index in [4.69, 9.17) is 5.26 Å². The molecule has 0 aromatic carbocycles. The smallest absolute Gasteiger partial charge is 0.106 e. The third-order valence-electron chi connectivity index (χ3n) is 2.61. The van der Waals surface area contributed by atoms with Crippen LogP contribution >= 0.6 is 0 Å². The fraction of sp³-hybridized carbons (Fsp3) is 0.889. The molecule has 0 amide bonds. The maximum atomic E-state index is 8.94. The second-order valence-corrected chi connectivity index (χ2v) is 3.93. The van der Waals surface area contributed by atoms with Crippen molar-refractivity contribution in [3.05, 3.63) is 0 Å². The molecule has 11 heavy (non-hydrogen) atoms. The lowest BCUT2D eigenvalue weighted by Crippen LogP contribution is -2.40. The lowest BCUT2D eigenvalue weighted by molar-refractivity contribution is 0.214. The monoisotopic (exact) mass is 152 g/mol. The normalized spacial score (nSPS) is 22.8. The molecule has 0 spiro atoms. The summed E-state index contributed by atoms with van der Waals surface area (Å²) in [7, 11) is 3.96. The fourth-order valence-electron chi connectivity index (χ4n) is 1.21. The van der Waals surface area contributed by atoms with Crippen LogP contribution in [0.25, 0.3) is 0 Å². The van der Waals surface area contributed by atoms with Crippen LogP contribution in [0.1, 0.15) is 26.2 Å². The van der Waals surface area contributed by atoms with Gasteiger partial charge in [-0.25, -0.2) is 0 Å². The Balaban J connectivity index is 2.51. The van der Waals surface area contributed by atoms with Gasteiger partial charge in [0.05, 0.1) is 6.07 Å². The van der Waals surface area contributed by atoms with Crippen LogP contribution in [0, 0.1) is 17.2 Å². The molecule has 0 heterocycles. The van der Waals surface area contributed by atoms with Crippen molar-refractivity contribution in [3.8, 4) is 6.07 Å². The average molecular weight is 152 g/mol. The molecule has 0 aromatic rings. The molecule has 0 aromatic heterocycles. The van der Waals surface area contributed by atoms with Gasteiger partial charge in [-0.3, -0.25) is 4.90 Å². The first-order chi connectivity index (χ1) is 5.08. The van der Waals surface area contributed by atoms with E-state index < -0.39 is 0 Å². The molecule has 0 aliphatic heterocycles. The summed E-state index contributed by atoms with van der Waals surface area (Å²) in [5.41, 5.74) is -0.235. The van der Waals surface area contributed by atoms with Crippen LogP contribution in [0.15, 0.2) is 0 Å². The van der Waals surface area contributed by atoms with Gasteiger partial charge in [0.25, 0.3) is 0 Å². The molecule has 1 aliphatic carbocycles. The maximum Gasteiger partial charge on any atom is 0.106 e. The molecular formula is C9H16N2. The second-order valence-electron chi connectivity index (χ2n) is 3.93. The topological polar surface area (TPSA) is 27.0 Å². The second kappa shape index (κ2) is 2.83. The van der Waals surface area contributed by atoms with Gasteiger partial charge in [-0.2, -0.15) is 5.26 Å². The van der Waals surface area contributed by atoms with Gasteiger partial charge in [-0.1, -0.05) is 12.8 Å². The van der Waals surface area contributed by atoms with Gasteiger partial charge in [0, 0.05) is 0 Å². The minimum absolute atomic E-state index is 0.235. The molecule has 2 nitrogen and oxygen atoms in total. The third kappa shape index (κ3) is 1.94. The van der Waals surface area contributed by atoms with E-state index in [2.05, 4.69) is 6.07 Å². The summed E-state index contributed by atoms with van der Waals surface area (Å²) in [6.07, 6.45) is 3.69. The van der Waals surface area contributed by atoms with E-state index in [0.29, 0.717) is 0 Å². The van der Waals surface area contributed by atoms with Gasteiger partial charge in [0.2, 0.25) is 0 Å². The molecular weight excluding hydrogens is 136 g/mol. The Kier molecular flexibility index (Phi) is 2.20. The quantitative estimate of drug-likeness (QED) is 0.614. The zero-order valence-corrected chi connectivity index (χ0v) is 7.59. The molecule has 0 bridgehead atoms. The Bertz CT molecular complexity index is 176. The minimum Gasteiger partial charge on any atom is -0.292 e. The van der Waals surface area contributed by atoms with Gasteiger partial charge in [0.1, 0.15) is 5.54 Å². The molecule has 62 valence electrons. The van der Waals surface area contributed by atoms with E-state index in [9.17, 15) is 0 Å². The van der Waals surface area contributed by atoms with Crippen LogP contribution < -0.4 is 0 Å². The molecule has 0 saturated heterocycles. The van der Waals surface area contributed by atoms with Crippen molar-refractivity contribution in [1.82, 2.24) is 4.90 Å². The molecule has 1 fully saturated rings. The van der Waals surface area contributed by atoms with Gasteiger partial charge in [-0.05, 0) is 33.4 Å². The van der Waals surface area contributed by atoms with Crippen LogP contribution in [-0.2, 0) is 0 Å². The van der Waals surface area contributed by atoms with Gasteiger partial charge >= 0.3 is 0 Å². The summed E-state index contributed by atoms with van der Waals surface area (Å²) in [6.45, 7) is 2.02. The van der Waals surface area contributed by atoms with Crippen molar-refractivity contribution in [3.63, 3.8) is 0 Å². The third-order valence-corrected chi connectivity index (χ3v) is 2.61. The Morgan fingerprint density at radius 1 is 1.55 bits per heavy atom. The van der Waals surface area contributed by atoms with Crippen molar-refractivity contribution in [2.24, 2.45) is 5.92 Å². The summed E-state index contributed by atoms with van der Waals surface area (Å²) in [4.78, 5) is 2.02. The standard InChI is InChI=1S/C9H16N2/c1-9(7-10,11(2)3)6-8-4-5-8/h8H,4-6H2,1-3H3. The number of hydrogen-bond acceptors (Lipinski definition) is 2. The summed E-state index contributed by atoms with van der Waals surface area (Å²) < 4.78 is 0. The first-order valence-corrected chi connectivity index (χ1v) is 4.17. The van der Waals surface area contributed by atoms with Crippen LogP contribution in [-0.4, -0.2) is 24.5 Å². The van der Waals surface area contributed by atoms with Crippen molar-refractivity contribution >= 4 is 0 Å². The molecule has 1 saturated carbocycles. The van der Waals surface area contributed by atoms with Crippen LogP contribution in [0.4, 0.5) is 0 Å². The van der Waals surface area contributed by atoms with E-state index in [1.807, 2.05) is 25.9 Å². The van der Waals surface area contributed by atoms with E-state index in [1.54, 1.807) is 0 Å². The van der Waals surface area contributed by atoms with Crippen LogP contribution in [0.5, 0.6) is 0 Å². The molecule has 0 radical (unpaired) electrons. The van der Waals surface area contributed by atoms with E-state index in [-0.39, 0.29) is 5.54 Å². The van der Waals surface area contributed by atoms with Crippen molar-refractivity contribution < 1.29 is 0 Å². The lowest BCUT2D eigenvalue weighted by atomic mass is 9.95. The molecule has 1 rings (SSSR count). The zero-order valence-electron chi connectivity index (χ0n) is 7.59. The first-order valence-electron chi connectivity index (χ1n) is 4.17. The Hall–Kier alpha value is -0.550. The maximum absolute atomic E-state index is 8.94. The Labute approximate surface area is 68.8 Å². The van der Waals surface area contributed by atoms with Crippen molar-refractivity contribution in [1.29, 1.82) is 5.26 Å². The van der Waals surface area contributed by atoms with Crippen LogP contribution in [0.3, 0.4) is 0 Å². The molecule has 1 unspecified atom stereocenters. The molecule has 1 atom stereocenters. The van der Waals surface area contributed by atoms with Crippen LogP contribution in [0.2, 0.25) is 0 Å². The molecule has 0 N–H and O–H groups in total. The van der Waals surface area contributed by atoms with Crippen molar-refractivity contribution in [2.45, 2.75) is 31.7 Å². The van der Waals surface area contributed by atoms with E-state index in [0.717, 1.165) is 12.3 Å². The largest absolute Gasteiger partial charge is 0.292 e. The highest BCUT2D eigenvalue weighted by molar-refractivity contribution is 5.06. The van der Waals surface area contributed by atoms with Gasteiger partial charge in [-0.15, -0.1) is 0 Å². The molecule has 1 aliphatic rings. The number of nitriles is 1. The van der Waals surface area contributed by atoms with E-state index in [1.165, 1.54) is 12.8 Å².